The van der Waals surface area contributed by atoms with Crippen molar-refractivity contribution in [2.75, 3.05) is 72.1 Å². The van der Waals surface area contributed by atoms with Gasteiger partial charge in [-0.1, -0.05) is 0 Å². The third-order valence-corrected chi connectivity index (χ3v) is 3.93. The van der Waals surface area contributed by atoms with Crippen LogP contribution in [0.3, 0.4) is 0 Å². The Morgan fingerprint density at radius 2 is 1.57 bits per heavy atom. The first kappa shape index (κ1) is 16.2. The average Bonchev–Trinajstić information content (AvgIpc) is 2.49. The number of hydrogen-bond acceptors (Lipinski definition) is 5. The van der Waals surface area contributed by atoms with Gasteiger partial charge in [-0.25, -0.2) is 0 Å². The number of amides is 2. The van der Waals surface area contributed by atoms with Gasteiger partial charge in [0.1, 0.15) is 0 Å². The number of nitrogens with one attached hydrogen (secondary N) is 1. The van der Waals surface area contributed by atoms with Crippen molar-refractivity contribution in [2.24, 2.45) is 0 Å². The molecule has 1 N–H and O–H groups in total. The highest BCUT2D eigenvalue weighted by Crippen LogP contribution is 2.04. The Labute approximate surface area is 126 Å². The van der Waals surface area contributed by atoms with Gasteiger partial charge in [-0.15, -0.1) is 0 Å². The molecule has 7 heteroatoms. The van der Waals surface area contributed by atoms with E-state index >= 15 is 0 Å². The Bertz CT molecular complexity index is 350. The number of piperazine rings is 1. The van der Waals surface area contributed by atoms with Crippen molar-refractivity contribution in [1.29, 1.82) is 0 Å². The fourth-order valence-electron chi connectivity index (χ4n) is 2.66. The molecule has 0 unspecified atom stereocenters. The molecule has 2 saturated heterocycles. The lowest BCUT2D eigenvalue weighted by atomic mass is 10.3. The predicted molar refractivity (Wildman–Crippen MR) is 79.0 cm³/mol. The fraction of sp³-hybridized carbons (Fsp3) is 0.857. The Balaban J connectivity index is 1.67. The SMILES string of the molecule is CCNC(=O)CN1CCN(C(=O)CN2CCOCC2)CC1. The quantitative estimate of drug-likeness (QED) is 0.676. The van der Waals surface area contributed by atoms with Gasteiger partial charge in [0.25, 0.3) is 0 Å². The Morgan fingerprint density at radius 3 is 2.19 bits per heavy atom. The van der Waals surface area contributed by atoms with Crippen LogP contribution in [-0.2, 0) is 14.3 Å². The molecule has 0 saturated carbocycles. The summed E-state index contributed by atoms with van der Waals surface area (Å²) in [5.41, 5.74) is 0. The summed E-state index contributed by atoms with van der Waals surface area (Å²) >= 11 is 0. The van der Waals surface area contributed by atoms with Crippen molar-refractivity contribution in [3.8, 4) is 0 Å². The zero-order chi connectivity index (χ0) is 15.1. The summed E-state index contributed by atoms with van der Waals surface area (Å²) in [5, 5.41) is 2.80. The van der Waals surface area contributed by atoms with Gasteiger partial charge in [0.2, 0.25) is 11.8 Å². The summed E-state index contributed by atoms with van der Waals surface area (Å²) in [7, 11) is 0. The summed E-state index contributed by atoms with van der Waals surface area (Å²) in [6, 6.07) is 0. The number of ether oxygens (including phenoxy) is 1. The molecule has 0 atom stereocenters. The Kier molecular flexibility index (Phi) is 6.41. The van der Waals surface area contributed by atoms with Crippen LogP contribution in [0.5, 0.6) is 0 Å². The molecule has 0 spiro atoms. The van der Waals surface area contributed by atoms with Crippen molar-refractivity contribution in [2.45, 2.75) is 6.92 Å². The summed E-state index contributed by atoms with van der Waals surface area (Å²) in [5.74, 6) is 0.250. The van der Waals surface area contributed by atoms with E-state index in [-0.39, 0.29) is 11.8 Å². The van der Waals surface area contributed by atoms with Gasteiger partial charge >= 0.3 is 0 Å². The van der Waals surface area contributed by atoms with Gasteiger partial charge in [0.05, 0.1) is 26.3 Å². The molecular formula is C14H26N4O3. The number of hydrogen-bond donors (Lipinski definition) is 1. The molecule has 21 heavy (non-hydrogen) atoms. The highest BCUT2D eigenvalue weighted by molar-refractivity contribution is 5.79. The second-order valence-electron chi connectivity index (χ2n) is 5.50. The Hall–Kier alpha value is -1.18. The third kappa shape index (κ3) is 5.26. The summed E-state index contributed by atoms with van der Waals surface area (Å²) < 4.78 is 5.29. The molecule has 2 heterocycles. The van der Waals surface area contributed by atoms with Crippen molar-refractivity contribution < 1.29 is 14.3 Å². The van der Waals surface area contributed by atoms with E-state index in [0.29, 0.717) is 45.9 Å². The smallest absolute Gasteiger partial charge is 0.236 e. The van der Waals surface area contributed by atoms with Crippen molar-refractivity contribution >= 4 is 11.8 Å². The second-order valence-corrected chi connectivity index (χ2v) is 5.50. The first-order valence-corrected chi connectivity index (χ1v) is 7.76. The van der Waals surface area contributed by atoms with E-state index < -0.39 is 0 Å². The molecule has 120 valence electrons. The molecule has 0 aromatic heterocycles. The summed E-state index contributed by atoms with van der Waals surface area (Å²) in [6.07, 6.45) is 0. The van der Waals surface area contributed by atoms with Crippen LogP contribution < -0.4 is 5.32 Å². The zero-order valence-electron chi connectivity index (χ0n) is 12.8. The first-order valence-electron chi connectivity index (χ1n) is 7.76. The molecule has 0 aliphatic carbocycles. The standard InChI is InChI=1S/C14H26N4O3/c1-2-15-13(19)11-16-3-5-18(6-4-16)14(20)12-17-7-9-21-10-8-17/h2-12H2,1H3,(H,15,19). The van der Waals surface area contributed by atoms with Gasteiger partial charge in [0, 0.05) is 45.8 Å². The summed E-state index contributed by atoms with van der Waals surface area (Å²) in [4.78, 5) is 29.9. The molecule has 2 aliphatic rings. The topological polar surface area (TPSA) is 65.1 Å². The minimum Gasteiger partial charge on any atom is -0.379 e. The monoisotopic (exact) mass is 298 g/mol. The minimum absolute atomic E-state index is 0.0607. The molecule has 0 bridgehead atoms. The average molecular weight is 298 g/mol. The molecule has 2 rings (SSSR count). The molecule has 2 amide bonds. The van der Waals surface area contributed by atoms with Crippen LogP contribution in [0.1, 0.15) is 6.92 Å². The third-order valence-electron chi connectivity index (χ3n) is 3.93. The number of carbonyl (C=O) groups excluding carboxylic acids is 2. The minimum atomic E-state index is 0.0607. The molecule has 2 fully saturated rings. The van der Waals surface area contributed by atoms with Crippen LogP contribution in [-0.4, -0.2) is 98.6 Å². The van der Waals surface area contributed by atoms with Crippen LogP contribution in [0.25, 0.3) is 0 Å². The maximum absolute atomic E-state index is 12.2. The number of rotatable bonds is 5. The van der Waals surface area contributed by atoms with Gasteiger partial charge in [-0.05, 0) is 6.92 Å². The largest absolute Gasteiger partial charge is 0.379 e. The van der Waals surface area contributed by atoms with E-state index in [1.807, 2.05) is 11.8 Å². The van der Waals surface area contributed by atoms with E-state index in [0.717, 1.165) is 26.2 Å². The van der Waals surface area contributed by atoms with E-state index in [1.165, 1.54) is 0 Å². The Morgan fingerprint density at radius 1 is 0.952 bits per heavy atom. The predicted octanol–water partition coefficient (Wildman–Crippen LogP) is -1.40. The van der Waals surface area contributed by atoms with Gasteiger partial charge in [-0.2, -0.15) is 0 Å². The number of likely N-dealkylation sites (N-methyl/N-ethyl adjacent to an activating group) is 1. The normalized spacial score (nSPS) is 21.3. The summed E-state index contributed by atoms with van der Waals surface area (Å²) in [6.45, 7) is 9.56. The number of carbonyl (C=O) groups is 2. The molecular weight excluding hydrogens is 272 g/mol. The lowest BCUT2D eigenvalue weighted by Crippen LogP contribution is -2.53. The van der Waals surface area contributed by atoms with Crippen molar-refractivity contribution in [3.05, 3.63) is 0 Å². The molecule has 0 radical (unpaired) electrons. The second kappa shape index (κ2) is 8.31. The van der Waals surface area contributed by atoms with Crippen LogP contribution >= 0.6 is 0 Å². The highest BCUT2D eigenvalue weighted by atomic mass is 16.5. The zero-order valence-corrected chi connectivity index (χ0v) is 12.8. The van der Waals surface area contributed by atoms with Crippen molar-refractivity contribution in [3.63, 3.8) is 0 Å². The van der Waals surface area contributed by atoms with Crippen LogP contribution in [0.15, 0.2) is 0 Å². The maximum atomic E-state index is 12.2. The van der Waals surface area contributed by atoms with Gasteiger partial charge < -0.3 is 15.0 Å². The van der Waals surface area contributed by atoms with Crippen LogP contribution in [0, 0.1) is 0 Å². The molecule has 0 aromatic rings. The fourth-order valence-corrected chi connectivity index (χ4v) is 2.66. The van der Waals surface area contributed by atoms with E-state index in [2.05, 4.69) is 15.1 Å². The molecule has 0 aromatic carbocycles. The van der Waals surface area contributed by atoms with Gasteiger partial charge in [-0.3, -0.25) is 19.4 Å². The first-order chi connectivity index (χ1) is 10.2. The van der Waals surface area contributed by atoms with E-state index in [1.54, 1.807) is 0 Å². The van der Waals surface area contributed by atoms with E-state index in [9.17, 15) is 9.59 Å². The van der Waals surface area contributed by atoms with Crippen molar-refractivity contribution in [1.82, 2.24) is 20.0 Å². The van der Waals surface area contributed by atoms with Gasteiger partial charge in [0.15, 0.2) is 0 Å². The highest BCUT2D eigenvalue weighted by Gasteiger charge is 2.24. The van der Waals surface area contributed by atoms with E-state index in [4.69, 9.17) is 4.74 Å². The van der Waals surface area contributed by atoms with Crippen LogP contribution in [0.4, 0.5) is 0 Å². The maximum Gasteiger partial charge on any atom is 0.236 e. The molecule has 7 nitrogen and oxygen atoms in total. The number of nitrogens with zero attached hydrogens (tertiary/aromatic N) is 3. The van der Waals surface area contributed by atoms with Crippen LogP contribution in [0.2, 0.25) is 0 Å². The lowest BCUT2D eigenvalue weighted by Gasteiger charge is -2.36. The number of morpholine rings is 1. The lowest BCUT2D eigenvalue weighted by molar-refractivity contribution is -0.135. The molecule has 2 aliphatic heterocycles.